The van der Waals surface area contributed by atoms with Crippen molar-refractivity contribution in [3.63, 3.8) is 0 Å². The number of carbonyl (C=O) groups excluding carboxylic acids is 2. The lowest BCUT2D eigenvalue weighted by molar-refractivity contribution is 0.0981. The zero-order valence-electron chi connectivity index (χ0n) is 17.3. The summed E-state index contributed by atoms with van der Waals surface area (Å²) in [4.78, 5) is 26.7. The van der Waals surface area contributed by atoms with Gasteiger partial charge in [-0.1, -0.05) is 26.7 Å². The van der Waals surface area contributed by atoms with E-state index >= 15 is 0 Å². The molecule has 0 aromatic heterocycles. The van der Waals surface area contributed by atoms with Crippen LogP contribution in [0.25, 0.3) is 0 Å². The molecule has 8 N–H and O–H groups in total. The lowest BCUT2D eigenvalue weighted by atomic mass is 9.80. The average Bonchev–Trinajstić information content (AvgIpc) is 2.70. The van der Waals surface area contributed by atoms with Gasteiger partial charge in [-0.3, -0.25) is 9.59 Å². The first-order valence-electron chi connectivity index (χ1n) is 10.1. The molecule has 0 radical (unpaired) electrons. The van der Waals surface area contributed by atoms with Gasteiger partial charge < -0.3 is 32.4 Å². The van der Waals surface area contributed by atoms with Crippen LogP contribution in [0.4, 0.5) is 22.7 Å². The zero-order chi connectivity index (χ0) is 22.0. The number of nitrogens with two attached hydrogens (primary N) is 4. The predicted octanol–water partition coefficient (Wildman–Crippen LogP) is 3.15. The third-order valence-electron chi connectivity index (χ3n) is 5.14. The van der Waals surface area contributed by atoms with Crippen LogP contribution >= 0.6 is 0 Å². The van der Waals surface area contributed by atoms with Gasteiger partial charge in [0.25, 0.3) is 0 Å². The van der Waals surface area contributed by atoms with Crippen molar-refractivity contribution >= 4 is 34.3 Å². The second kappa shape index (κ2) is 8.52. The van der Waals surface area contributed by atoms with Crippen LogP contribution in [0.3, 0.4) is 0 Å². The minimum absolute atomic E-state index is 0.00388. The molecule has 0 amide bonds. The van der Waals surface area contributed by atoms with Crippen LogP contribution in [0.1, 0.15) is 71.4 Å². The molecule has 0 fully saturated rings. The molecule has 0 bridgehead atoms. The van der Waals surface area contributed by atoms with Crippen LogP contribution in [-0.2, 0) is 0 Å². The average molecular weight is 412 g/mol. The summed E-state index contributed by atoms with van der Waals surface area (Å²) in [6.07, 6.45) is 3.49. The number of carbonyl (C=O) groups is 2. The van der Waals surface area contributed by atoms with Crippen LogP contribution in [0.2, 0.25) is 0 Å². The quantitative estimate of drug-likeness (QED) is 0.324. The van der Waals surface area contributed by atoms with E-state index in [0.29, 0.717) is 13.2 Å². The van der Waals surface area contributed by atoms with Gasteiger partial charge in [0.15, 0.2) is 11.6 Å². The van der Waals surface area contributed by atoms with Gasteiger partial charge in [-0.15, -0.1) is 0 Å². The Morgan fingerprint density at radius 2 is 1.03 bits per heavy atom. The summed E-state index contributed by atoms with van der Waals surface area (Å²) < 4.78 is 11.4. The highest BCUT2D eigenvalue weighted by atomic mass is 16.5. The Bertz CT molecular complexity index is 940. The standard InChI is InChI=1S/C22H28N4O4/c1-3-5-7-29-13-9-11(23)15-17(19(13)25)22(28)18-16(21(15)27)12(24)10-14(20(18)26)30-8-6-4-2/h9-10H,3-8,23-26H2,1-2H3. The van der Waals surface area contributed by atoms with Gasteiger partial charge >= 0.3 is 0 Å². The third kappa shape index (κ3) is 3.49. The molecule has 30 heavy (non-hydrogen) atoms. The summed E-state index contributed by atoms with van der Waals surface area (Å²) >= 11 is 0. The Hall–Kier alpha value is -3.42. The highest BCUT2D eigenvalue weighted by Crippen LogP contribution is 2.44. The van der Waals surface area contributed by atoms with Crippen molar-refractivity contribution < 1.29 is 19.1 Å². The van der Waals surface area contributed by atoms with Crippen molar-refractivity contribution in [3.8, 4) is 11.5 Å². The molecule has 160 valence electrons. The maximum absolute atomic E-state index is 13.4. The smallest absolute Gasteiger partial charge is 0.199 e. The summed E-state index contributed by atoms with van der Waals surface area (Å²) in [6.45, 7) is 4.89. The van der Waals surface area contributed by atoms with E-state index in [9.17, 15) is 9.59 Å². The van der Waals surface area contributed by atoms with Crippen LogP contribution in [0.15, 0.2) is 12.1 Å². The number of ketones is 2. The van der Waals surface area contributed by atoms with Crippen molar-refractivity contribution in [2.24, 2.45) is 0 Å². The van der Waals surface area contributed by atoms with Gasteiger partial charge in [0, 0.05) is 23.5 Å². The van der Waals surface area contributed by atoms with Gasteiger partial charge in [0.2, 0.25) is 0 Å². The normalized spacial score (nSPS) is 12.5. The molecule has 3 rings (SSSR count). The number of hydrogen-bond donors (Lipinski definition) is 4. The third-order valence-corrected chi connectivity index (χ3v) is 5.14. The molecule has 0 saturated heterocycles. The number of nitrogen functional groups attached to an aromatic ring is 4. The SMILES string of the molecule is CCCCOc1cc(N)c2c(c1N)C(=O)c1c(N)c(OCCCC)cc(N)c1C2=O. The topological polar surface area (TPSA) is 157 Å². The molecule has 1 aliphatic carbocycles. The Balaban J connectivity index is 2.14. The highest BCUT2D eigenvalue weighted by Gasteiger charge is 2.38. The van der Waals surface area contributed by atoms with Gasteiger partial charge in [-0.25, -0.2) is 0 Å². The fourth-order valence-electron chi connectivity index (χ4n) is 3.49. The number of benzene rings is 2. The van der Waals surface area contributed by atoms with Crippen molar-refractivity contribution in [3.05, 3.63) is 34.4 Å². The van der Waals surface area contributed by atoms with E-state index < -0.39 is 11.6 Å². The second-order valence-electron chi connectivity index (χ2n) is 7.32. The summed E-state index contributed by atoms with van der Waals surface area (Å²) in [5, 5.41) is 0. The van der Waals surface area contributed by atoms with E-state index in [1.54, 1.807) is 0 Å². The van der Waals surface area contributed by atoms with E-state index in [4.69, 9.17) is 32.4 Å². The highest BCUT2D eigenvalue weighted by molar-refractivity contribution is 6.35. The minimum Gasteiger partial charge on any atom is -0.491 e. The molecular weight excluding hydrogens is 384 g/mol. The molecule has 8 nitrogen and oxygen atoms in total. The van der Waals surface area contributed by atoms with Gasteiger partial charge in [0.1, 0.15) is 11.5 Å². The van der Waals surface area contributed by atoms with Crippen molar-refractivity contribution in [1.82, 2.24) is 0 Å². The molecule has 0 atom stereocenters. The number of anilines is 4. The van der Waals surface area contributed by atoms with E-state index in [2.05, 4.69) is 0 Å². The second-order valence-corrected chi connectivity index (χ2v) is 7.32. The molecule has 0 heterocycles. The van der Waals surface area contributed by atoms with Gasteiger partial charge in [-0.2, -0.15) is 0 Å². The molecule has 8 heteroatoms. The van der Waals surface area contributed by atoms with Crippen molar-refractivity contribution in [2.45, 2.75) is 39.5 Å². The number of fused-ring (bicyclic) bond motifs is 2. The fourth-order valence-corrected chi connectivity index (χ4v) is 3.49. The maximum atomic E-state index is 13.4. The van der Waals surface area contributed by atoms with Gasteiger partial charge in [-0.05, 0) is 12.8 Å². The molecule has 2 aromatic carbocycles. The Morgan fingerprint density at radius 1 is 0.667 bits per heavy atom. The van der Waals surface area contributed by atoms with E-state index in [0.717, 1.165) is 25.7 Å². The monoisotopic (exact) mass is 412 g/mol. The molecule has 2 aromatic rings. The molecule has 0 aliphatic heterocycles. The lowest BCUT2D eigenvalue weighted by Crippen LogP contribution is -2.27. The number of hydrogen-bond acceptors (Lipinski definition) is 8. The minimum atomic E-state index is -0.519. The van der Waals surface area contributed by atoms with Crippen molar-refractivity contribution in [2.75, 3.05) is 36.1 Å². The van der Waals surface area contributed by atoms with Gasteiger partial charge in [0.05, 0.1) is 46.8 Å². The molecule has 0 saturated carbocycles. The summed E-state index contributed by atoms with van der Waals surface area (Å²) in [7, 11) is 0. The van der Waals surface area contributed by atoms with Crippen LogP contribution in [0, 0.1) is 0 Å². The zero-order valence-corrected chi connectivity index (χ0v) is 17.3. The van der Waals surface area contributed by atoms with Crippen LogP contribution in [-0.4, -0.2) is 24.8 Å². The Labute approximate surface area is 175 Å². The van der Waals surface area contributed by atoms with Crippen LogP contribution in [0.5, 0.6) is 11.5 Å². The summed E-state index contributed by atoms with van der Waals surface area (Å²) in [5.74, 6) is -0.472. The Kier molecular flexibility index (Phi) is 6.05. The fraction of sp³-hybridized carbons (Fsp3) is 0.364. The molecule has 1 aliphatic rings. The first kappa shape index (κ1) is 21.3. The molecule has 0 unspecified atom stereocenters. The molecule has 0 spiro atoms. The summed E-state index contributed by atoms with van der Waals surface area (Å²) in [5.41, 5.74) is 25.1. The molecular formula is C22H28N4O4. The van der Waals surface area contributed by atoms with E-state index in [1.807, 2.05) is 13.8 Å². The lowest BCUT2D eigenvalue weighted by Gasteiger charge is -2.25. The summed E-state index contributed by atoms with van der Waals surface area (Å²) in [6, 6.07) is 2.95. The van der Waals surface area contributed by atoms with E-state index in [-0.39, 0.29) is 56.5 Å². The number of unbranched alkanes of at least 4 members (excludes halogenated alkanes) is 2. The number of ether oxygens (including phenoxy) is 2. The largest absolute Gasteiger partial charge is 0.491 e. The van der Waals surface area contributed by atoms with E-state index in [1.165, 1.54) is 12.1 Å². The maximum Gasteiger partial charge on any atom is 0.199 e. The first-order valence-corrected chi connectivity index (χ1v) is 10.1. The predicted molar refractivity (Wildman–Crippen MR) is 118 cm³/mol. The van der Waals surface area contributed by atoms with Crippen molar-refractivity contribution in [1.29, 1.82) is 0 Å². The first-order chi connectivity index (χ1) is 14.3. The van der Waals surface area contributed by atoms with Crippen LogP contribution < -0.4 is 32.4 Å². The number of rotatable bonds is 8. The Morgan fingerprint density at radius 3 is 1.40 bits per heavy atom.